The molecule has 1 aliphatic carbocycles. The van der Waals surface area contributed by atoms with Crippen LogP contribution in [0.3, 0.4) is 0 Å². The molecule has 0 saturated carbocycles. The van der Waals surface area contributed by atoms with Gasteiger partial charge in [0, 0.05) is 11.1 Å². The molecule has 1 aliphatic heterocycles. The molecule has 1 heterocycles. The summed E-state index contributed by atoms with van der Waals surface area (Å²) in [6.45, 7) is 29.1. The molecule has 0 radical (unpaired) electrons. The van der Waals surface area contributed by atoms with Crippen LogP contribution in [0, 0.1) is 16.2 Å². The molecule has 2 atom stereocenters. The maximum Gasteiger partial charge on any atom is 0.505 e. The van der Waals surface area contributed by atoms with E-state index in [1.807, 2.05) is 0 Å². The SMILES string of the molecule is CC(C)(C)C1=C2OP(F)Oc3c(cc(C(C)(C)C)cc3C(C)(C)C)/C=C\2CC(C)(C(C)(C)C)C1. The molecule has 0 N–H and O–H groups in total. The zero-order valence-electron chi connectivity index (χ0n) is 23.8. The highest BCUT2D eigenvalue weighted by Crippen LogP contribution is 2.60. The monoisotopic (exact) mass is 488 g/mol. The molecule has 1 aromatic rings. The van der Waals surface area contributed by atoms with E-state index in [0.29, 0.717) is 11.5 Å². The number of halogens is 1. The molecular weight excluding hydrogens is 442 g/mol. The van der Waals surface area contributed by atoms with E-state index in [9.17, 15) is 0 Å². The average molecular weight is 489 g/mol. The fourth-order valence-corrected chi connectivity index (χ4v) is 5.55. The summed E-state index contributed by atoms with van der Waals surface area (Å²) in [7, 11) is -2.60. The third-order valence-electron chi connectivity index (χ3n) is 7.88. The lowest BCUT2D eigenvalue weighted by Crippen LogP contribution is -2.38. The van der Waals surface area contributed by atoms with Gasteiger partial charge in [-0.25, -0.2) is 0 Å². The van der Waals surface area contributed by atoms with Crippen molar-refractivity contribution in [2.45, 2.75) is 114 Å². The van der Waals surface area contributed by atoms with Crippen molar-refractivity contribution in [1.82, 2.24) is 0 Å². The number of rotatable bonds is 0. The summed E-state index contributed by atoms with van der Waals surface area (Å²) in [6.07, 6.45) is 3.96. The van der Waals surface area contributed by atoms with E-state index >= 15 is 4.20 Å². The van der Waals surface area contributed by atoms with Crippen molar-refractivity contribution < 1.29 is 13.2 Å². The molecule has 3 rings (SSSR count). The van der Waals surface area contributed by atoms with Crippen LogP contribution in [-0.2, 0) is 15.4 Å². The second-order valence-corrected chi connectivity index (χ2v) is 15.5. The van der Waals surface area contributed by atoms with Crippen LogP contribution in [0.2, 0.25) is 0 Å². The minimum atomic E-state index is -2.60. The van der Waals surface area contributed by atoms with Crippen molar-refractivity contribution in [2.24, 2.45) is 16.2 Å². The van der Waals surface area contributed by atoms with Crippen LogP contribution in [0.5, 0.6) is 5.75 Å². The van der Waals surface area contributed by atoms with E-state index < -0.39 is 8.69 Å². The Morgan fingerprint density at radius 2 is 1.38 bits per heavy atom. The fraction of sp³-hybridized carbons (Fsp3) is 0.667. The Morgan fingerprint density at radius 1 is 0.794 bits per heavy atom. The van der Waals surface area contributed by atoms with Gasteiger partial charge in [0.2, 0.25) is 0 Å². The molecule has 34 heavy (non-hydrogen) atoms. The maximum atomic E-state index is 15.5. The first-order chi connectivity index (χ1) is 15.1. The third kappa shape index (κ3) is 5.25. The van der Waals surface area contributed by atoms with Crippen LogP contribution in [0.1, 0.15) is 120 Å². The van der Waals surface area contributed by atoms with Gasteiger partial charge in [-0.05, 0) is 68.8 Å². The van der Waals surface area contributed by atoms with Crippen LogP contribution in [0.15, 0.2) is 29.0 Å². The van der Waals surface area contributed by atoms with E-state index in [1.165, 1.54) is 11.1 Å². The normalized spacial score (nSPS) is 25.8. The lowest BCUT2D eigenvalue weighted by atomic mass is 9.57. The molecule has 190 valence electrons. The van der Waals surface area contributed by atoms with E-state index in [0.717, 1.165) is 29.5 Å². The molecule has 0 aromatic heterocycles. The molecule has 2 unspecified atom stereocenters. The minimum Gasteiger partial charge on any atom is -0.414 e. The van der Waals surface area contributed by atoms with Gasteiger partial charge >= 0.3 is 8.69 Å². The number of hydrogen-bond donors (Lipinski definition) is 0. The van der Waals surface area contributed by atoms with Crippen molar-refractivity contribution in [3.8, 4) is 5.75 Å². The summed E-state index contributed by atoms with van der Waals surface area (Å²) in [5, 5.41) is 0. The fourth-order valence-electron chi connectivity index (χ4n) is 4.79. The summed E-state index contributed by atoms with van der Waals surface area (Å²) in [6, 6.07) is 4.39. The number of allylic oxidation sites excluding steroid dienone is 2. The van der Waals surface area contributed by atoms with Crippen LogP contribution >= 0.6 is 8.69 Å². The Morgan fingerprint density at radius 3 is 1.85 bits per heavy atom. The van der Waals surface area contributed by atoms with Crippen molar-refractivity contribution in [2.75, 3.05) is 0 Å². The smallest absolute Gasteiger partial charge is 0.414 e. The Bertz CT molecular complexity index is 1020. The summed E-state index contributed by atoms with van der Waals surface area (Å²) in [5.41, 5.74) is 5.25. The van der Waals surface area contributed by atoms with Gasteiger partial charge in [-0.2, -0.15) is 0 Å². The second-order valence-electron chi connectivity index (χ2n) is 14.7. The molecular formula is C30H46FO2P. The van der Waals surface area contributed by atoms with Crippen molar-refractivity contribution >= 4 is 14.8 Å². The van der Waals surface area contributed by atoms with Gasteiger partial charge < -0.3 is 9.05 Å². The standard InChI is InChI=1S/C30H46FO2P/c1-26(2,3)21-15-19-14-20-17-30(13,29(10,11)12)18-23(28(7,8)9)25(20)33-34(31)32-24(19)22(16-21)27(4,5)6/h14-16H,17-18H2,1-13H3/b20-14-. The zero-order chi connectivity index (χ0) is 26.1. The molecule has 0 bridgehead atoms. The van der Waals surface area contributed by atoms with Crippen LogP contribution < -0.4 is 4.52 Å². The first-order valence-electron chi connectivity index (χ1n) is 12.6. The predicted molar refractivity (Wildman–Crippen MR) is 145 cm³/mol. The van der Waals surface area contributed by atoms with Gasteiger partial charge in [-0.3, -0.25) is 0 Å². The molecule has 4 heteroatoms. The molecule has 0 spiro atoms. The Kier molecular flexibility index (Phi) is 6.70. The summed E-state index contributed by atoms with van der Waals surface area (Å²) in [5.74, 6) is 1.34. The third-order valence-corrected chi connectivity index (χ3v) is 8.53. The summed E-state index contributed by atoms with van der Waals surface area (Å²) in [4.78, 5) is 0. The largest absolute Gasteiger partial charge is 0.505 e. The lowest BCUT2D eigenvalue weighted by Gasteiger charge is -2.49. The summed E-state index contributed by atoms with van der Waals surface area (Å²) < 4.78 is 27.6. The van der Waals surface area contributed by atoms with Gasteiger partial charge in [-0.1, -0.05) is 96.1 Å². The molecule has 0 amide bonds. The van der Waals surface area contributed by atoms with E-state index in [-0.39, 0.29) is 27.1 Å². The summed E-state index contributed by atoms with van der Waals surface area (Å²) >= 11 is 0. The first kappa shape index (κ1) is 27.3. The van der Waals surface area contributed by atoms with Crippen molar-refractivity contribution in [3.63, 3.8) is 0 Å². The predicted octanol–water partition coefficient (Wildman–Crippen LogP) is 10.4. The number of hydrogen-bond acceptors (Lipinski definition) is 2. The van der Waals surface area contributed by atoms with E-state index in [1.54, 1.807) is 0 Å². The highest BCUT2D eigenvalue weighted by atomic mass is 31.2. The quantitative estimate of drug-likeness (QED) is 0.338. The topological polar surface area (TPSA) is 18.5 Å². The molecule has 2 nitrogen and oxygen atoms in total. The average Bonchev–Trinajstić information content (AvgIpc) is 2.59. The van der Waals surface area contributed by atoms with Crippen molar-refractivity contribution in [3.05, 3.63) is 45.7 Å². The van der Waals surface area contributed by atoms with Crippen LogP contribution in [0.25, 0.3) is 6.08 Å². The zero-order valence-corrected chi connectivity index (χ0v) is 24.7. The van der Waals surface area contributed by atoms with Gasteiger partial charge in [0.05, 0.1) is 0 Å². The van der Waals surface area contributed by atoms with E-state index in [2.05, 4.69) is 108 Å². The maximum absolute atomic E-state index is 15.5. The number of fused-ring (bicyclic) bond motifs is 2. The minimum absolute atomic E-state index is 0.0298. The van der Waals surface area contributed by atoms with Crippen LogP contribution in [-0.4, -0.2) is 0 Å². The lowest BCUT2D eigenvalue weighted by molar-refractivity contribution is 0.0904. The van der Waals surface area contributed by atoms with E-state index in [4.69, 9.17) is 9.05 Å². The molecule has 2 aliphatic rings. The first-order valence-corrected chi connectivity index (χ1v) is 13.7. The molecule has 0 fully saturated rings. The second kappa shape index (κ2) is 8.36. The van der Waals surface area contributed by atoms with Gasteiger partial charge in [0.15, 0.2) is 0 Å². The Labute approximate surface area is 209 Å². The van der Waals surface area contributed by atoms with Crippen LogP contribution in [0.4, 0.5) is 4.20 Å². The van der Waals surface area contributed by atoms with Gasteiger partial charge in [-0.15, -0.1) is 4.20 Å². The Hall–Kier alpha value is -1.34. The Balaban J connectivity index is 2.40. The van der Waals surface area contributed by atoms with Crippen molar-refractivity contribution in [1.29, 1.82) is 0 Å². The molecule has 1 aromatic carbocycles. The highest BCUT2D eigenvalue weighted by Gasteiger charge is 2.46. The highest BCUT2D eigenvalue weighted by molar-refractivity contribution is 7.41. The van der Waals surface area contributed by atoms with Gasteiger partial charge in [0.25, 0.3) is 0 Å². The molecule has 0 saturated heterocycles. The van der Waals surface area contributed by atoms with Gasteiger partial charge in [0.1, 0.15) is 11.5 Å². The number of benzene rings is 1.